The van der Waals surface area contributed by atoms with Gasteiger partial charge < -0.3 is 10.0 Å². The average molecular weight is 334 g/mol. The molecular weight excluding hydrogens is 314 g/mol. The van der Waals surface area contributed by atoms with Crippen LogP contribution in [0.5, 0.6) is 5.75 Å². The van der Waals surface area contributed by atoms with E-state index >= 15 is 0 Å². The molecule has 1 aromatic heterocycles. The Hall–Kier alpha value is -2.01. The second-order valence-electron chi connectivity index (χ2n) is 6.17. The molecule has 1 atom stereocenters. The molecule has 3 rings (SSSR count). The van der Waals surface area contributed by atoms with Crippen LogP contribution in [0, 0.1) is 5.92 Å². The number of phenols is 1. The Kier molecular flexibility index (Phi) is 4.57. The SMILES string of the molecule is Cn1cc(C[C@H]2CCN(C(=O)Cc3ccc(O)cc3Cl)C2)cn1. The number of amides is 1. The topological polar surface area (TPSA) is 58.4 Å². The third kappa shape index (κ3) is 3.85. The number of phenolic OH excluding ortho intramolecular Hbond substituents is 1. The molecule has 2 aromatic rings. The van der Waals surface area contributed by atoms with Crippen LogP contribution in [-0.4, -0.2) is 38.8 Å². The number of likely N-dealkylation sites (tertiary alicyclic amines) is 1. The Balaban J connectivity index is 1.56. The van der Waals surface area contributed by atoms with Crippen molar-refractivity contribution in [3.05, 3.63) is 46.7 Å². The highest BCUT2D eigenvalue weighted by molar-refractivity contribution is 6.31. The van der Waals surface area contributed by atoms with Crippen LogP contribution in [0.1, 0.15) is 17.5 Å². The molecule has 0 aliphatic carbocycles. The number of halogens is 1. The summed E-state index contributed by atoms with van der Waals surface area (Å²) < 4.78 is 1.81. The standard InChI is InChI=1S/C17H20ClN3O2/c1-20-10-13(9-19-20)6-12-4-5-21(11-12)17(23)7-14-2-3-15(22)8-16(14)18/h2-3,8-10,12,22H,4-7,11H2,1H3/t12-/m1/s1. The molecule has 1 aliphatic rings. The maximum atomic E-state index is 12.4. The van der Waals surface area contributed by atoms with Gasteiger partial charge in [0, 0.05) is 31.4 Å². The predicted octanol–water partition coefficient (Wildman–Crippen LogP) is 2.41. The molecular formula is C17H20ClN3O2. The number of rotatable bonds is 4. The summed E-state index contributed by atoms with van der Waals surface area (Å²) in [5, 5.41) is 14.0. The summed E-state index contributed by atoms with van der Waals surface area (Å²) in [7, 11) is 1.91. The molecule has 6 heteroatoms. The highest BCUT2D eigenvalue weighted by Crippen LogP contribution is 2.25. The summed E-state index contributed by atoms with van der Waals surface area (Å²) in [6, 6.07) is 4.74. The first-order valence-electron chi connectivity index (χ1n) is 7.74. The van der Waals surface area contributed by atoms with E-state index in [1.807, 2.05) is 24.3 Å². The zero-order valence-electron chi connectivity index (χ0n) is 13.1. The molecule has 1 fully saturated rings. The minimum Gasteiger partial charge on any atom is -0.508 e. The molecule has 1 N–H and O–H groups in total. The Labute approximate surface area is 140 Å². The van der Waals surface area contributed by atoms with Gasteiger partial charge in [-0.1, -0.05) is 17.7 Å². The summed E-state index contributed by atoms with van der Waals surface area (Å²) in [6.45, 7) is 1.57. The lowest BCUT2D eigenvalue weighted by atomic mass is 10.0. The first-order chi connectivity index (χ1) is 11.0. The fourth-order valence-corrected chi connectivity index (χ4v) is 3.33. The number of aromatic nitrogens is 2. The van der Waals surface area contributed by atoms with E-state index in [0.717, 1.165) is 31.5 Å². The molecule has 0 spiro atoms. The van der Waals surface area contributed by atoms with Gasteiger partial charge in [-0.3, -0.25) is 9.48 Å². The quantitative estimate of drug-likeness (QED) is 0.934. The third-order valence-electron chi connectivity index (χ3n) is 4.30. The van der Waals surface area contributed by atoms with E-state index in [-0.39, 0.29) is 18.1 Å². The third-order valence-corrected chi connectivity index (χ3v) is 4.65. The molecule has 1 amide bonds. The van der Waals surface area contributed by atoms with Gasteiger partial charge in [0.2, 0.25) is 5.91 Å². The normalized spacial score (nSPS) is 17.7. The van der Waals surface area contributed by atoms with E-state index in [1.165, 1.54) is 11.6 Å². The smallest absolute Gasteiger partial charge is 0.227 e. The summed E-state index contributed by atoms with van der Waals surface area (Å²) >= 11 is 6.08. The first kappa shape index (κ1) is 15.9. The Morgan fingerprint density at radius 3 is 3.00 bits per heavy atom. The number of carbonyl (C=O) groups is 1. The van der Waals surface area contributed by atoms with Gasteiger partial charge in [0.25, 0.3) is 0 Å². The number of carbonyl (C=O) groups excluding carboxylic acids is 1. The number of hydrogen-bond acceptors (Lipinski definition) is 3. The number of hydrogen-bond donors (Lipinski definition) is 1. The molecule has 0 radical (unpaired) electrons. The van der Waals surface area contributed by atoms with Crippen LogP contribution in [0.15, 0.2) is 30.6 Å². The van der Waals surface area contributed by atoms with Gasteiger partial charge in [0.15, 0.2) is 0 Å². The number of benzene rings is 1. The van der Waals surface area contributed by atoms with Crippen molar-refractivity contribution in [1.29, 1.82) is 0 Å². The van der Waals surface area contributed by atoms with Gasteiger partial charge in [-0.25, -0.2) is 0 Å². The van der Waals surface area contributed by atoms with E-state index in [2.05, 4.69) is 5.10 Å². The Bertz CT molecular complexity index is 714. The van der Waals surface area contributed by atoms with Crippen LogP contribution >= 0.6 is 11.6 Å². The van der Waals surface area contributed by atoms with Crippen LogP contribution in [0.2, 0.25) is 5.02 Å². The highest BCUT2D eigenvalue weighted by Gasteiger charge is 2.26. The van der Waals surface area contributed by atoms with Gasteiger partial charge >= 0.3 is 0 Å². The van der Waals surface area contributed by atoms with E-state index in [4.69, 9.17) is 11.6 Å². The summed E-state index contributed by atoms with van der Waals surface area (Å²) in [5.74, 6) is 0.689. The molecule has 5 nitrogen and oxygen atoms in total. The molecule has 0 bridgehead atoms. The van der Waals surface area contributed by atoms with E-state index in [1.54, 1.807) is 16.8 Å². The fraction of sp³-hybridized carbons (Fsp3) is 0.412. The fourth-order valence-electron chi connectivity index (χ4n) is 3.09. The minimum absolute atomic E-state index is 0.0891. The second-order valence-corrected chi connectivity index (χ2v) is 6.58. The highest BCUT2D eigenvalue weighted by atomic mass is 35.5. The molecule has 1 saturated heterocycles. The van der Waals surface area contributed by atoms with Crippen molar-refractivity contribution in [1.82, 2.24) is 14.7 Å². The minimum atomic E-state index is 0.0891. The van der Waals surface area contributed by atoms with E-state index in [0.29, 0.717) is 10.9 Å². The zero-order valence-corrected chi connectivity index (χ0v) is 13.8. The number of nitrogens with zero attached hydrogens (tertiary/aromatic N) is 3. The van der Waals surface area contributed by atoms with Crippen LogP contribution in [0.25, 0.3) is 0 Å². The van der Waals surface area contributed by atoms with E-state index < -0.39 is 0 Å². The lowest BCUT2D eigenvalue weighted by molar-refractivity contribution is -0.129. The molecule has 2 heterocycles. The lowest BCUT2D eigenvalue weighted by Crippen LogP contribution is -2.30. The van der Waals surface area contributed by atoms with Crippen molar-refractivity contribution >= 4 is 17.5 Å². The molecule has 23 heavy (non-hydrogen) atoms. The monoisotopic (exact) mass is 333 g/mol. The zero-order chi connectivity index (χ0) is 16.4. The second kappa shape index (κ2) is 6.62. The first-order valence-corrected chi connectivity index (χ1v) is 8.12. The Morgan fingerprint density at radius 1 is 1.48 bits per heavy atom. The molecule has 1 aromatic carbocycles. The predicted molar refractivity (Wildman–Crippen MR) is 88.4 cm³/mol. The van der Waals surface area contributed by atoms with Gasteiger partial charge in [-0.15, -0.1) is 0 Å². The number of aryl methyl sites for hydroxylation is 1. The van der Waals surface area contributed by atoms with E-state index in [9.17, 15) is 9.90 Å². The lowest BCUT2D eigenvalue weighted by Gasteiger charge is -2.17. The van der Waals surface area contributed by atoms with Crippen molar-refractivity contribution in [2.24, 2.45) is 13.0 Å². The van der Waals surface area contributed by atoms with Crippen molar-refractivity contribution in [3.8, 4) is 5.75 Å². The number of aromatic hydroxyl groups is 1. The molecule has 0 saturated carbocycles. The van der Waals surface area contributed by atoms with Gasteiger partial charge in [0.05, 0.1) is 12.6 Å². The molecule has 1 aliphatic heterocycles. The van der Waals surface area contributed by atoms with Crippen LogP contribution in [0.3, 0.4) is 0 Å². The van der Waals surface area contributed by atoms with Crippen molar-refractivity contribution in [2.75, 3.05) is 13.1 Å². The van der Waals surface area contributed by atoms with Gasteiger partial charge in [0.1, 0.15) is 5.75 Å². The van der Waals surface area contributed by atoms with Gasteiger partial charge in [-0.05, 0) is 42.0 Å². The Morgan fingerprint density at radius 2 is 2.30 bits per heavy atom. The van der Waals surface area contributed by atoms with Crippen molar-refractivity contribution in [2.45, 2.75) is 19.3 Å². The van der Waals surface area contributed by atoms with Crippen LogP contribution in [-0.2, 0) is 24.7 Å². The summed E-state index contributed by atoms with van der Waals surface area (Å²) in [4.78, 5) is 14.3. The van der Waals surface area contributed by atoms with Crippen molar-refractivity contribution < 1.29 is 9.90 Å². The van der Waals surface area contributed by atoms with Crippen molar-refractivity contribution in [3.63, 3.8) is 0 Å². The van der Waals surface area contributed by atoms with Crippen LogP contribution < -0.4 is 0 Å². The molecule has 122 valence electrons. The molecule has 0 unspecified atom stereocenters. The summed E-state index contributed by atoms with van der Waals surface area (Å²) in [5.41, 5.74) is 1.97. The average Bonchev–Trinajstić information content (AvgIpc) is 3.12. The summed E-state index contributed by atoms with van der Waals surface area (Å²) in [6.07, 6.45) is 6.17. The van der Waals surface area contributed by atoms with Gasteiger partial charge in [-0.2, -0.15) is 5.10 Å². The largest absolute Gasteiger partial charge is 0.508 e. The maximum Gasteiger partial charge on any atom is 0.227 e. The van der Waals surface area contributed by atoms with Crippen LogP contribution in [0.4, 0.5) is 0 Å². The maximum absolute atomic E-state index is 12.4.